The molecule has 3 aromatic rings. The van der Waals surface area contributed by atoms with Gasteiger partial charge in [-0.15, -0.1) is 0 Å². The molecule has 9 heteroatoms. The minimum absolute atomic E-state index is 0.0262. The Labute approximate surface area is 167 Å². The van der Waals surface area contributed by atoms with E-state index >= 15 is 0 Å². The van der Waals surface area contributed by atoms with E-state index in [1.807, 2.05) is 43.4 Å². The molecular formula is C20H23FN6O2. The summed E-state index contributed by atoms with van der Waals surface area (Å²) in [4.78, 5) is 13.9. The van der Waals surface area contributed by atoms with Crippen LogP contribution in [-0.2, 0) is 11.8 Å². The highest BCUT2D eigenvalue weighted by atomic mass is 19.1. The molecule has 3 aromatic heterocycles. The third-order valence-corrected chi connectivity index (χ3v) is 5.50. The van der Waals surface area contributed by atoms with Gasteiger partial charge in [0, 0.05) is 43.9 Å². The van der Waals surface area contributed by atoms with E-state index in [0.717, 1.165) is 29.6 Å². The predicted octanol–water partition coefficient (Wildman–Crippen LogP) is 2.11. The highest BCUT2D eigenvalue weighted by Crippen LogP contribution is 2.33. The van der Waals surface area contributed by atoms with Crippen LogP contribution in [0, 0.1) is 5.92 Å². The molecule has 0 spiro atoms. The molecule has 1 aliphatic carbocycles. The van der Waals surface area contributed by atoms with Crippen molar-refractivity contribution in [3.8, 4) is 17.0 Å². The number of hydrogen-bond donors (Lipinski definition) is 1. The smallest absolute Gasteiger partial charge is 0.228 e. The Kier molecular flexibility index (Phi) is 4.27. The molecule has 0 aromatic carbocycles. The fourth-order valence-corrected chi connectivity index (χ4v) is 3.79. The highest BCUT2D eigenvalue weighted by molar-refractivity contribution is 5.93. The Bertz CT molecular complexity index is 1070. The summed E-state index contributed by atoms with van der Waals surface area (Å²) in [6.07, 6.45) is 3.82. The summed E-state index contributed by atoms with van der Waals surface area (Å²) in [5.41, 5.74) is 2.50. The van der Waals surface area contributed by atoms with Gasteiger partial charge in [-0.05, 0) is 32.0 Å². The molecule has 2 atom stereocenters. The number of pyridine rings is 1. The second-order valence-electron chi connectivity index (χ2n) is 7.95. The number of likely N-dealkylation sites (N-methyl/N-ethyl adjacent to an activating group) is 1. The van der Waals surface area contributed by atoms with E-state index < -0.39 is 12.3 Å². The van der Waals surface area contributed by atoms with Gasteiger partial charge in [0.25, 0.3) is 0 Å². The average molecular weight is 398 g/mol. The van der Waals surface area contributed by atoms with Gasteiger partial charge in [0.2, 0.25) is 5.91 Å². The zero-order chi connectivity index (χ0) is 20.1. The summed E-state index contributed by atoms with van der Waals surface area (Å²) in [6, 6.07) is 5.70. The van der Waals surface area contributed by atoms with Gasteiger partial charge >= 0.3 is 0 Å². The van der Waals surface area contributed by atoms with Crippen molar-refractivity contribution in [1.82, 2.24) is 24.3 Å². The van der Waals surface area contributed by atoms with E-state index in [-0.39, 0.29) is 11.8 Å². The maximum Gasteiger partial charge on any atom is 0.228 e. The number of alkyl halides is 1. The molecule has 1 saturated heterocycles. The first-order chi connectivity index (χ1) is 14.0. The minimum Gasteiger partial charge on any atom is -0.482 e. The SMILES string of the molecule is CN1C[C@@H](F)[C@@H](Oc2cnn(C)c2-c2ccn3nc(NC(=O)C4CC4)cc3c2)C1. The molecule has 2 aliphatic rings. The van der Waals surface area contributed by atoms with Gasteiger partial charge < -0.3 is 10.1 Å². The monoisotopic (exact) mass is 398 g/mol. The van der Waals surface area contributed by atoms with Gasteiger partial charge in [-0.1, -0.05) is 0 Å². The van der Waals surface area contributed by atoms with E-state index in [1.54, 1.807) is 15.4 Å². The van der Waals surface area contributed by atoms with Crippen molar-refractivity contribution < 1.29 is 13.9 Å². The molecule has 2 fully saturated rings. The number of ether oxygens (including phenoxy) is 1. The Morgan fingerprint density at radius 1 is 1.28 bits per heavy atom. The number of aryl methyl sites for hydroxylation is 1. The van der Waals surface area contributed by atoms with Gasteiger partial charge in [0.15, 0.2) is 17.7 Å². The second-order valence-corrected chi connectivity index (χ2v) is 7.95. The average Bonchev–Trinajstić information content (AvgIpc) is 3.26. The number of anilines is 1. The van der Waals surface area contributed by atoms with Crippen LogP contribution in [0.3, 0.4) is 0 Å². The molecule has 0 radical (unpaired) electrons. The number of likely N-dealkylation sites (tertiary alicyclic amines) is 1. The number of fused-ring (bicyclic) bond motifs is 1. The quantitative estimate of drug-likeness (QED) is 0.712. The first kappa shape index (κ1) is 18.1. The zero-order valence-corrected chi connectivity index (χ0v) is 16.4. The molecule has 5 rings (SSSR count). The largest absolute Gasteiger partial charge is 0.482 e. The van der Waals surface area contributed by atoms with Gasteiger partial charge in [0.05, 0.1) is 11.7 Å². The Morgan fingerprint density at radius 3 is 2.83 bits per heavy atom. The van der Waals surface area contributed by atoms with Crippen LogP contribution in [0.4, 0.5) is 10.2 Å². The zero-order valence-electron chi connectivity index (χ0n) is 16.4. The number of nitrogens with one attached hydrogen (secondary N) is 1. The van der Waals surface area contributed by atoms with Crippen molar-refractivity contribution in [3.63, 3.8) is 0 Å². The summed E-state index contributed by atoms with van der Waals surface area (Å²) in [7, 11) is 3.71. The van der Waals surface area contributed by atoms with E-state index in [4.69, 9.17) is 4.74 Å². The van der Waals surface area contributed by atoms with Crippen molar-refractivity contribution in [2.45, 2.75) is 25.1 Å². The fraction of sp³-hybridized carbons (Fsp3) is 0.450. The molecule has 0 unspecified atom stereocenters. The third kappa shape index (κ3) is 3.46. The molecule has 152 valence electrons. The molecular weight excluding hydrogens is 375 g/mol. The molecule has 1 saturated carbocycles. The van der Waals surface area contributed by atoms with Crippen molar-refractivity contribution in [3.05, 3.63) is 30.6 Å². The third-order valence-electron chi connectivity index (χ3n) is 5.50. The van der Waals surface area contributed by atoms with Crippen LogP contribution in [-0.4, -0.2) is 62.6 Å². The Balaban J connectivity index is 1.43. The standard InChI is InChI=1S/C20H23FN6O2/c1-25-10-15(21)17(11-25)29-16-9-22-26(2)19(16)13-5-6-27-14(7-13)8-18(24-27)23-20(28)12-3-4-12/h5-9,12,15,17H,3-4,10-11H2,1-2H3,(H,23,24,28)/t15-,17+/m1/s1. The maximum absolute atomic E-state index is 14.2. The number of carbonyl (C=O) groups is 1. The number of hydrogen-bond acceptors (Lipinski definition) is 5. The first-order valence-corrected chi connectivity index (χ1v) is 9.80. The number of rotatable bonds is 5. The van der Waals surface area contributed by atoms with Crippen molar-refractivity contribution in [2.24, 2.45) is 13.0 Å². The number of aromatic nitrogens is 4. The number of nitrogens with zero attached hydrogens (tertiary/aromatic N) is 5. The summed E-state index contributed by atoms with van der Waals surface area (Å²) in [6.45, 7) is 0.915. The number of carbonyl (C=O) groups excluding carboxylic acids is 1. The van der Waals surface area contributed by atoms with Crippen LogP contribution >= 0.6 is 0 Å². The van der Waals surface area contributed by atoms with Gasteiger partial charge in [-0.25, -0.2) is 8.91 Å². The normalized spacial score (nSPS) is 22.3. The summed E-state index contributed by atoms with van der Waals surface area (Å²) in [5, 5.41) is 11.6. The van der Waals surface area contributed by atoms with Crippen molar-refractivity contribution in [1.29, 1.82) is 0 Å². The molecule has 8 nitrogen and oxygen atoms in total. The molecule has 4 heterocycles. The maximum atomic E-state index is 14.2. The van der Waals surface area contributed by atoms with Crippen molar-refractivity contribution >= 4 is 17.2 Å². The summed E-state index contributed by atoms with van der Waals surface area (Å²) >= 11 is 0. The predicted molar refractivity (Wildman–Crippen MR) is 106 cm³/mol. The number of amides is 1. The minimum atomic E-state index is -1.02. The molecule has 1 amide bonds. The van der Waals surface area contributed by atoms with Crippen LogP contribution in [0.2, 0.25) is 0 Å². The lowest BCUT2D eigenvalue weighted by molar-refractivity contribution is -0.117. The van der Waals surface area contributed by atoms with E-state index in [0.29, 0.717) is 24.7 Å². The Morgan fingerprint density at radius 2 is 2.10 bits per heavy atom. The van der Waals surface area contributed by atoms with E-state index in [9.17, 15) is 9.18 Å². The second kappa shape index (κ2) is 6.84. The van der Waals surface area contributed by atoms with Crippen LogP contribution in [0.25, 0.3) is 16.8 Å². The van der Waals surface area contributed by atoms with Gasteiger partial charge in [-0.2, -0.15) is 10.2 Å². The molecule has 29 heavy (non-hydrogen) atoms. The van der Waals surface area contributed by atoms with Gasteiger partial charge in [-0.3, -0.25) is 14.4 Å². The Hall–Kier alpha value is -2.94. The summed E-state index contributed by atoms with van der Waals surface area (Å²) < 4.78 is 23.6. The van der Waals surface area contributed by atoms with E-state index in [1.165, 1.54) is 0 Å². The molecule has 0 bridgehead atoms. The van der Waals surface area contributed by atoms with Crippen LogP contribution in [0.1, 0.15) is 12.8 Å². The van der Waals surface area contributed by atoms with Gasteiger partial charge in [0.1, 0.15) is 11.8 Å². The van der Waals surface area contributed by atoms with Crippen LogP contribution < -0.4 is 10.1 Å². The highest BCUT2D eigenvalue weighted by Gasteiger charge is 2.33. The van der Waals surface area contributed by atoms with Crippen LogP contribution in [0.15, 0.2) is 30.6 Å². The lowest BCUT2D eigenvalue weighted by Crippen LogP contribution is -2.27. The topological polar surface area (TPSA) is 76.7 Å². The lowest BCUT2D eigenvalue weighted by Gasteiger charge is -2.16. The van der Waals surface area contributed by atoms with Crippen molar-refractivity contribution in [2.75, 3.05) is 25.5 Å². The fourth-order valence-electron chi connectivity index (χ4n) is 3.79. The van der Waals surface area contributed by atoms with E-state index in [2.05, 4.69) is 15.5 Å². The van der Waals surface area contributed by atoms with Crippen LogP contribution in [0.5, 0.6) is 5.75 Å². The molecule has 1 aliphatic heterocycles. The lowest BCUT2D eigenvalue weighted by atomic mass is 10.1. The number of halogens is 1. The molecule has 1 N–H and O–H groups in total. The first-order valence-electron chi connectivity index (χ1n) is 9.80. The summed E-state index contributed by atoms with van der Waals surface area (Å²) in [5.74, 6) is 1.24.